The number of methoxy groups -OCH3 is 1. The van der Waals surface area contributed by atoms with Gasteiger partial charge in [0, 0.05) is 25.2 Å². The van der Waals surface area contributed by atoms with Crippen LogP contribution >= 0.6 is 0 Å². The van der Waals surface area contributed by atoms with Crippen LogP contribution in [0.3, 0.4) is 0 Å². The van der Waals surface area contributed by atoms with E-state index in [1.54, 1.807) is 6.07 Å². The maximum Gasteiger partial charge on any atom is 0.251 e. The quantitative estimate of drug-likeness (QED) is 0.695. The molecule has 0 spiro atoms. The number of hydrogen-bond acceptors (Lipinski definition) is 4. The van der Waals surface area contributed by atoms with Gasteiger partial charge in [0.2, 0.25) is 10.0 Å². The van der Waals surface area contributed by atoms with Crippen molar-refractivity contribution in [3.63, 3.8) is 0 Å². The van der Waals surface area contributed by atoms with Crippen molar-refractivity contribution >= 4 is 15.9 Å². The molecule has 1 N–H and O–H groups in total. The van der Waals surface area contributed by atoms with Crippen molar-refractivity contribution < 1.29 is 17.9 Å². The molecule has 1 amide bonds. The molecule has 0 aliphatic rings. The summed E-state index contributed by atoms with van der Waals surface area (Å²) in [6.07, 6.45) is 1.62. The minimum Gasteiger partial charge on any atom is -0.495 e. The fourth-order valence-electron chi connectivity index (χ4n) is 2.87. The summed E-state index contributed by atoms with van der Waals surface area (Å²) in [5.41, 5.74) is 1.16. The minimum absolute atomic E-state index is 0.0226. The molecule has 7 heteroatoms. The fourth-order valence-corrected chi connectivity index (χ4v) is 4.21. The lowest BCUT2D eigenvalue weighted by molar-refractivity contribution is 0.0934. The third-order valence-electron chi connectivity index (χ3n) is 4.68. The highest BCUT2D eigenvalue weighted by molar-refractivity contribution is 7.89. The Morgan fingerprint density at radius 1 is 1.11 bits per heavy atom. The van der Waals surface area contributed by atoms with Crippen LogP contribution in [0.2, 0.25) is 0 Å². The molecule has 0 radical (unpaired) electrons. The van der Waals surface area contributed by atoms with Gasteiger partial charge in [0.15, 0.2) is 0 Å². The van der Waals surface area contributed by atoms with Crippen LogP contribution in [0.4, 0.5) is 0 Å². The smallest absolute Gasteiger partial charge is 0.251 e. The van der Waals surface area contributed by atoms with Crippen LogP contribution in [0.25, 0.3) is 0 Å². The monoisotopic (exact) mass is 404 g/mol. The Kier molecular flexibility index (Phi) is 7.60. The molecule has 0 bridgehead atoms. The second-order valence-electron chi connectivity index (χ2n) is 6.60. The molecule has 0 aliphatic heterocycles. The molecule has 152 valence electrons. The van der Waals surface area contributed by atoms with E-state index in [1.165, 1.54) is 30.6 Å². The van der Waals surface area contributed by atoms with Crippen molar-refractivity contribution in [1.29, 1.82) is 0 Å². The molecule has 0 unspecified atom stereocenters. The molecule has 6 nitrogen and oxygen atoms in total. The first-order valence-electron chi connectivity index (χ1n) is 9.32. The van der Waals surface area contributed by atoms with Crippen LogP contribution in [0.1, 0.15) is 42.6 Å². The highest BCUT2D eigenvalue weighted by Crippen LogP contribution is 2.28. The molecule has 0 aliphatic carbocycles. The number of sulfonamides is 1. The Morgan fingerprint density at radius 2 is 1.75 bits per heavy atom. The second-order valence-corrected chi connectivity index (χ2v) is 8.61. The fraction of sp³-hybridized carbons (Fsp3) is 0.381. The first-order chi connectivity index (χ1) is 13.3. The molecule has 2 aromatic carbocycles. The van der Waals surface area contributed by atoms with Crippen molar-refractivity contribution in [2.45, 2.75) is 44.2 Å². The van der Waals surface area contributed by atoms with Crippen molar-refractivity contribution in [3.8, 4) is 5.75 Å². The summed E-state index contributed by atoms with van der Waals surface area (Å²) in [7, 11) is -0.922. The number of hydrogen-bond donors (Lipinski definition) is 1. The van der Waals surface area contributed by atoms with E-state index >= 15 is 0 Å². The summed E-state index contributed by atoms with van der Waals surface area (Å²) >= 11 is 0. The highest BCUT2D eigenvalue weighted by Gasteiger charge is 2.26. The van der Waals surface area contributed by atoms with Gasteiger partial charge >= 0.3 is 0 Å². The molecule has 0 aromatic heterocycles. The summed E-state index contributed by atoms with van der Waals surface area (Å²) in [6, 6.07) is 13.9. The van der Waals surface area contributed by atoms with Gasteiger partial charge in [-0.15, -0.1) is 0 Å². The highest BCUT2D eigenvalue weighted by atomic mass is 32.2. The number of benzene rings is 2. The van der Waals surface area contributed by atoms with Crippen LogP contribution in [-0.4, -0.2) is 38.8 Å². The van der Waals surface area contributed by atoms with Gasteiger partial charge in [-0.05, 0) is 36.6 Å². The van der Waals surface area contributed by atoms with E-state index in [-0.39, 0.29) is 29.1 Å². The van der Waals surface area contributed by atoms with E-state index in [2.05, 4.69) is 5.32 Å². The number of nitrogens with one attached hydrogen (secondary N) is 1. The van der Waals surface area contributed by atoms with E-state index in [1.807, 2.05) is 44.2 Å². The Balaban J connectivity index is 2.35. The van der Waals surface area contributed by atoms with Crippen molar-refractivity contribution in [1.82, 2.24) is 9.62 Å². The number of ether oxygens (including phenoxy) is 1. The summed E-state index contributed by atoms with van der Waals surface area (Å²) in [4.78, 5) is 12.5. The predicted molar refractivity (Wildman–Crippen MR) is 110 cm³/mol. The van der Waals surface area contributed by atoms with Gasteiger partial charge in [-0.3, -0.25) is 4.79 Å². The Labute approximate surface area is 167 Å². The van der Waals surface area contributed by atoms with Crippen molar-refractivity contribution in [2.24, 2.45) is 0 Å². The zero-order chi connectivity index (χ0) is 20.7. The maximum atomic E-state index is 13.1. The normalized spacial score (nSPS) is 11.6. The topological polar surface area (TPSA) is 75.7 Å². The summed E-state index contributed by atoms with van der Waals surface area (Å²) in [5, 5.41) is 2.93. The van der Waals surface area contributed by atoms with E-state index < -0.39 is 10.0 Å². The molecule has 0 saturated carbocycles. The lowest BCUT2D eigenvalue weighted by atomic mass is 10.1. The van der Waals surface area contributed by atoms with Gasteiger partial charge in [-0.2, -0.15) is 4.31 Å². The maximum absolute atomic E-state index is 13.1. The van der Waals surface area contributed by atoms with Crippen LogP contribution in [0, 0.1) is 0 Å². The zero-order valence-corrected chi connectivity index (χ0v) is 17.6. The number of nitrogens with zero attached hydrogens (tertiary/aromatic N) is 1. The number of amides is 1. The molecule has 2 aromatic rings. The zero-order valence-electron chi connectivity index (χ0n) is 16.8. The molecule has 0 atom stereocenters. The summed E-state index contributed by atoms with van der Waals surface area (Å²) < 4.78 is 32.8. The van der Waals surface area contributed by atoms with E-state index in [4.69, 9.17) is 4.74 Å². The lowest BCUT2D eigenvalue weighted by Gasteiger charge is -2.20. The van der Waals surface area contributed by atoms with E-state index in [0.29, 0.717) is 5.56 Å². The van der Waals surface area contributed by atoms with Crippen molar-refractivity contribution in [3.05, 3.63) is 59.7 Å². The Morgan fingerprint density at radius 3 is 2.32 bits per heavy atom. The molecule has 2 rings (SSSR count). The van der Waals surface area contributed by atoms with Gasteiger partial charge < -0.3 is 10.1 Å². The van der Waals surface area contributed by atoms with Crippen LogP contribution in [0.15, 0.2) is 53.4 Å². The first kappa shape index (κ1) is 21.9. The number of carbonyl (C=O) groups is 1. The average Bonchev–Trinajstić information content (AvgIpc) is 2.71. The first-order valence-corrected chi connectivity index (χ1v) is 10.8. The Hall–Kier alpha value is -2.38. The lowest BCUT2D eigenvalue weighted by Crippen LogP contribution is -2.34. The van der Waals surface area contributed by atoms with E-state index in [0.717, 1.165) is 18.4 Å². The number of carbonyl (C=O) groups excluding carboxylic acids is 1. The van der Waals surface area contributed by atoms with Crippen molar-refractivity contribution in [2.75, 3.05) is 14.2 Å². The molecule has 28 heavy (non-hydrogen) atoms. The summed E-state index contributed by atoms with van der Waals surface area (Å²) in [5.74, 6) is -0.0856. The van der Waals surface area contributed by atoms with Gasteiger partial charge in [-0.25, -0.2) is 8.42 Å². The minimum atomic E-state index is -3.85. The Bertz CT molecular complexity index is 894. The third kappa shape index (κ3) is 5.11. The molecular formula is C21H28N2O4S. The van der Waals surface area contributed by atoms with Gasteiger partial charge in [0.05, 0.1) is 7.11 Å². The van der Waals surface area contributed by atoms with Crippen LogP contribution in [0.5, 0.6) is 5.75 Å². The third-order valence-corrected chi connectivity index (χ3v) is 6.51. The molecule has 0 heterocycles. The predicted octanol–water partition coefficient (Wildman–Crippen LogP) is 3.43. The van der Waals surface area contributed by atoms with Crippen LogP contribution in [-0.2, 0) is 16.6 Å². The van der Waals surface area contributed by atoms with E-state index in [9.17, 15) is 13.2 Å². The average molecular weight is 405 g/mol. The van der Waals surface area contributed by atoms with Gasteiger partial charge in [-0.1, -0.05) is 44.2 Å². The largest absolute Gasteiger partial charge is 0.495 e. The van der Waals surface area contributed by atoms with Gasteiger partial charge in [0.25, 0.3) is 5.91 Å². The SMILES string of the molecule is CCC(CC)NC(=O)c1ccc(OC)c(S(=O)(=O)N(C)Cc2ccccc2)c1. The molecule has 0 fully saturated rings. The van der Waals surface area contributed by atoms with Gasteiger partial charge in [0.1, 0.15) is 10.6 Å². The standard InChI is InChI=1S/C21H28N2O4S/c1-5-18(6-2)22-21(24)17-12-13-19(27-4)20(14-17)28(25,26)23(3)15-16-10-8-7-9-11-16/h7-14,18H,5-6,15H2,1-4H3,(H,22,24). The molecule has 0 saturated heterocycles. The second kappa shape index (κ2) is 9.71. The van der Waals surface area contributed by atoms with Crippen LogP contribution < -0.4 is 10.1 Å². The summed E-state index contributed by atoms with van der Waals surface area (Å²) in [6.45, 7) is 4.21. The molecular weight excluding hydrogens is 376 g/mol. The number of rotatable bonds is 9.